The molecule has 0 heterocycles. The smallest absolute Gasteiger partial charge is 0.497 e. The number of hydrogen-bond donors (Lipinski definition) is 1. The summed E-state index contributed by atoms with van der Waals surface area (Å²) in [5.41, 5.74) is 1.18. The first-order valence-electron chi connectivity index (χ1n) is 6.64. The Balaban J connectivity index is 1.91. The number of rotatable bonds is 5. The molecule has 23 heavy (non-hydrogen) atoms. The molecule has 1 N–H and O–H groups in total. The second-order valence-electron chi connectivity index (χ2n) is 4.65. The predicted molar refractivity (Wildman–Crippen MR) is 78.5 cm³/mol. The first-order valence-corrected chi connectivity index (χ1v) is 6.64. The van der Waals surface area contributed by atoms with E-state index in [2.05, 4.69) is 10.1 Å². The maximum Gasteiger partial charge on any atom is 0.573 e. The number of halogens is 3. The summed E-state index contributed by atoms with van der Waals surface area (Å²) < 4.78 is 44.9. The van der Waals surface area contributed by atoms with Gasteiger partial charge in [-0.15, -0.1) is 13.2 Å². The SMILES string of the molecule is COc1ccc(CC(=O)Nc2ccc(OC(F)(F)F)cc2)cc1. The van der Waals surface area contributed by atoms with Gasteiger partial charge >= 0.3 is 6.36 Å². The van der Waals surface area contributed by atoms with Crippen molar-refractivity contribution in [2.75, 3.05) is 12.4 Å². The first-order chi connectivity index (χ1) is 10.9. The molecule has 2 aromatic carbocycles. The van der Waals surface area contributed by atoms with Crippen LogP contribution < -0.4 is 14.8 Å². The van der Waals surface area contributed by atoms with Crippen LogP contribution in [0.15, 0.2) is 48.5 Å². The Morgan fingerprint density at radius 1 is 1.00 bits per heavy atom. The van der Waals surface area contributed by atoms with Crippen molar-refractivity contribution < 1.29 is 27.4 Å². The summed E-state index contributed by atoms with van der Waals surface area (Å²) in [6.45, 7) is 0. The second kappa shape index (κ2) is 7.04. The molecule has 0 unspecified atom stereocenters. The zero-order valence-electron chi connectivity index (χ0n) is 12.2. The minimum atomic E-state index is -4.74. The topological polar surface area (TPSA) is 47.6 Å². The Morgan fingerprint density at radius 3 is 2.09 bits per heavy atom. The van der Waals surface area contributed by atoms with Gasteiger partial charge in [0, 0.05) is 5.69 Å². The highest BCUT2D eigenvalue weighted by atomic mass is 19.4. The van der Waals surface area contributed by atoms with Crippen LogP contribution >= 0.6 is 0 Å². The summed E-state index contributed by atoms with van der Waals surface area (Å²) in [6, 6.07) is 12.0. The van der Waals surface area contributed by atoms with E-state index in [0.29, 0.717) is 11.4 Å². The molecule has 0 spiro atoms. The van der Waals surface area contributed by atoms with Crippen molar-refractivity contribution in [2.24, 2.45) is 0 Å². The van der Waals surface area contributed by atoms with E-state index in [0.717, 1.165) is 17.7 Å². The molecule has 0 bridgehead atoms. The van der Waals surface area contributed by atoms with Gasteiger partial charge in [0.1, 0.15) is 11.5 Å². The molecular weight excluding hydrogens is 311 g/mol. The normalized spacial score (nSPS) is 11.0. The number of alkyl halides is 3. The minimum Gasteiger partial charge on any atom is -0.497 e. The van der Waals surface area contributed by atoms with E-state index in [4.69, 9.17) is 4.74 Å². The highest BCUT2D eigenvalue weighted by Crippen LogP contribution is 2.24. The Morgan fingerprint density at radius 2 is 1.57 bits per heavy atom. The third-order valence-electron chi connectivity index (χ3n) is 2.90. The number of amides is 1. The van der Waals surface area contributed by atoms with Crippen LogP contribution in [0.1, 0.15) is 5.56 Å². The molecule has 1 amide bonds. The van der Waals surface area contributed by atoms with E-state index in [1.165, 1.54) is 12.1 Å². The van der Waals surface area contributed by atoms with E-state index in [9.17, 15) is 18.0 Å². The predicted octanol–water partition coefficient (Wildman–Crippen LogP) is 3.78. The van der Waals surface area contributed by atoms with Gasteiger partial charge in [-0.25, -0.2) is 0 Å². The molecule has 2 aromatic rings. The summed E-state index contributed by atoms with van der Waals surface area (Å²) >= 11 is 0. The van der Waals surface area contributed by atoms with Gasteiger partial charge in [-0.3, -0.25) is 4.79 Å². The lowest BCUT2D eigenvalue weighted by molar-refractivity contribution is -0.274. The van der Waals surface area contributed by atoms with Gasteiger partial charge in [0.05, 0.1) is 13.5 Å². The summed E-state index contributed by atoms with van der Waals surface area (Å²) in [6.07, 6.45) is -4.59. The van der Waals surface area contributed by atoms with Crippen LogP contribution in [0.5, 0.6) is 11.5 Å². The van der Waals surface area contributed by atoms with Gasteiger partial charge in [-0.2, -0.15) is 0 Å². The van der Waals surface area contributed by atoms with Gasteiger partial charge in [-0.1, -0.05) is 12.1 Å². The molecule has 122 valence electrons. The molecule has 0 saturated carbocycles. The lowest BCUT2D eigenvalue weighted by atomic mass is 10.1. The van der Waals surface area contributed by atoms with Crippen LogP contribution in [0.2, 0.25) is 0 Å². The summed E-state index contributed by atoms with van der Waals surface area (Å²) in [5, 5.41) is 2.60. The Kier molecular flexibility index (Phi) is 5.10. The number of carbonyl (C=O) groups is 1. The third kappa shape index (κ3) is 5.54. The van der Waals surface area contributed by atoms with Gasteiger partial charge in [0.15, 0.2) is 0 Å². The molecule has 4 nitrogen and oxygen atoms in total. The fraction of sp³-hybridized carbons (Fsp3) is 0.188. The highest BCUT2D eigenvalue weighted by Gasteiger charge is 2.30. The van der Waals surface area contributed by atoms with Crippen molar-refractivity contribution in [1.82, 2.24) is 0 Å². The molecule has 0 fully saturated rings. The molecule has 0 aliphatic carbocycles. The molecule has 0 aliphatic rings. The van der Waals surface area contributed by atoms with Crippen LogP contribution in [0.3, 0.4) is 0 Å². The summed E-state index contributed by atoms with van der Waals surface area (Å²) in [5.74, 6) is 0.0692. The van der Waals surface area contributed by atoms with Crippen LogP contribution in [0.4, 0.5) is 18.9 Å². The standard InChI is InChI=1S/C16H14F3NO3/c1-22-13-6-2-11(3-7-13)10-15(21)20-12-4-8-14(9-5-12)23-16(17,18)19/h2-9H,10H2,1H3,(H,20,21). The summed E-state index contributed by atoms with van der Waals surface area (Å²) in [7, 11) is 1.55. The Bertz CT molecular complexity index is 652. The van der Waals surface area contributed by atoms with E-state index in [1.807, 2.05) is 0 Å². The van der Waals surface area contributed by atoms with Crippen molar-refractivity contribution in [3.63, 3.8) is 0 Å². The van der Waals surface area contributed by atoms with Gasteiger partial charge < -0.3 is 14.8 Å². The van der Waals surface area contributed by atoms with Crippen LogP contribution in [0, 0.1) is 0 Å². The maximum absolute atomic E-state index is 12.0. The van der Waals surface area contributed by atoms with Gasteiger partial charge in [0.2, 0.25) is 5.91 Å². The van der Waals surface area contributed by atoms with Crippen molar-refractivity contribution in [3.05, 3.63) is 54.1 Å². The first kappa shape index (κ1) is 16.7. The number of benzene rings is 2. The van der Waals surface area contributed by atoms with Crippen molar-refractivity contribution in [1.29, 1.82) is 0 Å². The number of anilines is 1. The molecule has 0 aromatic heterocycles. The van der Waals surface area contributed by atoms with Crippen molar-refractivity contribution in [2.45, 2.75) is 12.8 Å². The second-order valence-corrected chi connectivity index (χ2v) is 4.65. The van der Waals surface area contributed by atoms with Gasteiger partial charge in [0.25, 0.3) is 0 Å². The average Bonchev–Trinajstić information content (AvgIpc) is 2.48. The number of ether oxygens (including phenoxy) is 2. The molecule has 0 saturated heterocycles. The monoisotopic (exact) mass is 325 g/mol. The molecule has 0 atom stereocenters. The molecular formula is C16H14F3NO3. The zero-order valence-corrected chi connectivity index (χ0v) is 12.2. The minimum absolute atomic E-state index is 0.144. The maximum atomic E-state index is 12.0. The third-order valence-corrected chi connectivity index (χ3v) is 2.90. The van der Waals surface area contributed by atoms with Gasteiger partial charge in [-0.05, 0) is 42.0 Å². The molecule has 7 heteroatoms. The van der Waals surface area contributed by atoms with E-state index >= 15 is 0 Å². The number of nitrogens with one attached hydrogen (secondary N) is 1. The van der Waals surface area contributed by atoms with E-state index in [1.54, 1.807) is 31.4 Å². The quantitative estimate of drug-likeness (QED) is 0.910. The lowest BCUT2D eigenvalue weighted by Gasteiger charge is -2.10. The van der Waals surface area contributed by atoms with Crippen molar-refractivity contribution >= 4 is 11.6 Å². The molecule has 0 radical (unpaired) electrons. The number of methoxy groups -OCH3 is 1. The number of hydrogen-bond acceptors (Lipinski definition) is 3. The van der Waals surface area contributed by atoms with E-state index < -0.39 is 6.36 Å². The fourth-order valence-electron chi connectivity index (χ4n) is 1.87. The van der Waals surface area contributed by atoms with Crippen LogP contribution in [-0.4, -0.2) is 19.4 Å². The highest BCUT2D eigenvalue weighted by molar-refractivity contribution is 5.92. The Labute approximate surface area is 130 Å². The summed E-state index contributed by atoms with van der Waals surface area (Å²) in [4.78, 5) is 11.9. The fourth-order valence-corrected chi connectivity index (χ4v) is 1.87. The average molecular weight is 325 g/mol. The molecule has 0 aliphatic heterocycles. The zero-order chi connectivity index (χ0) is 16.9. The lowest BCUT2D eigenvalue weighted by Crippen LogP contribution is -2.17. The van der Waals surface area contributed by atoms with Crippen molar-refractivity contribution in [3.8, 4) is 11.5 Å². The Hall–Kier alpha value is -2.70. The number of carbonyl (C=O) groups excluding carboxylic acids is 1. The molecule has 2 rings (SSSR count). The van der Waals surface area contributed by atoms with Crippen LogP contribution in [0.25, 0.3) is 0 Å². The van der Waals surface area contributed by atoms with E-state index in [-0.39, 0.29) is 18.1 Å². The van der Waals surface area contributed by atoms with Crippen LogP contribution in [-0.2, 0) is 11.2 Å². The largest absolute Gasteiger partial charge is 0.573 e.